The summed E-state index contributed by atoms with van der Waals surface area (Å²) in [7, 11) is 0. The molecule has 0 aromatic heterocycles. The van der Waals surface area contributed by atoms with E-state index in [2.05, 4.69) is 0 Å². The molecule has 1 rings (SSSR count). The summed E-state index contributed by atoms with van der Waals surface area (Å²) < 4.78 is 0. The molecule has 0 aliphatic heterocycles. The summed E-state index contributed by atoms with van der Waals surface area (Å²) in [5.74, 6) is -0.627. The smallest absolute Gasteiger partial charge is 0.306 e. The summed E-state index contributed by atoms with van der Waals surface area (Å²) in [5, 5.41) is 8.41. The average molecular weight is 180 g/mol. The Bertz CT molecular complexity index is 97.2. The molecule has 0 atom stereocenters. The van der Waals surface area contributed by atoms with Crippen LogP contribution in [0.25, 0.3) is 0 Å². The van der Waals surface area contributed by atoms with Crippen molar-refractivity contribution in [3.05, 3.63) is 0 Å². The molecule has 0 heterocycles. The summed E-state index contributed by atoms with van der Waals surface area (Å²) in [6.45, 7) is 0. The molecule has 0 aromatic rings. The molecule has 3 heteroatoms. The van der Waals surface area contributed by atoms with Crippen LogP contribution in [-0.2, 0) is 24.3 Å². The average Bonchev–Trinajstić information content (AvgIpc) is 2.12. The Morgan fingerprint density at radius 2 is 1.78 bits per heavy atom. The van der Waals surface area contributed by atoms with Crippen molar-refractivity contribution < 1.29 is 29.4 Å². The summed E-state index contributed by atoms with van der Waals surface area (Å²) >= 11 is 0. The van der Waals surface area contributed by atoms with E-state index in [1.807, 2.05) is 0 Å². The maximum absolute atomic E-state index is 10.2. The molecule has 0 unspecified atom stereocenters. The second-order valence-corrected chi connectivity index (χ2v) is 2.32. The minimum Gasteiger partial charge on any atom is -0.481 e. The van der Waals surface area contributed by atoms with Crippen LogP contribution in [0.5, 0.6) is 0 Å². The van der Waals surface area contributed by atoms with Crippen molar-refractivity contribution in [2.45, 2.75) is 25.7 Å². The Labute approximate surface area is 67.4 Å². The van der Waals surface area contributed by atoms with Gasteiger partial charge in [0.25, 0.3) is 0 Å². The fourth-order valence-corrected chi connectivity index (χ4v) is 1.17. The number of carboxylic acids is 1. The first-order chi connectivity index (χ1) is 3.80. The summed E-state index contributed by atoms with van der Waals surface area (Å²) in [5.41, 5.74) is 0. The van der Waals surface area contributed by atoms with Crippen LogP contribution in [0.2, 0.25) is 0 Å². The number of carbonyl (C=O) groups is 1. The molecule has 1 aliphatic rings. The zero-order valence-electron chi connectivity index (χ0n) is 5.47. The van der Waals surface area contributed by atoms with E-state index in [-0.39, 0.29) is 25.4 Å². The Morgan fingerprint density at radius 1 is 1.33 bits per heavy atom. The first-order valence-electron chi connectivity index (χ1n) is 3.03. The van der Waals surface area contributed by atoms with Gasteiger partial charge in [0.15, 0.2) is 0 Å². The van der Waals surface area contributed by atoms with E-state index >= 15 is 0 Å². The maximum atomic E-state index is 10.2. The molecule has 1 N–H and O–H groups in total. The van der Waals surface area contributed by atoms with Gasteiger partial charge >= 0.3 is 5.97 Å². The number of hydrogen-bond donors (Lipinski definition) is 1. The number of rotatable bonds is 1. The van der Waals surface area contributed by atoms with Crippen LogP contribution >= 0.6 is 0 Å². The van der Waals surface area contributed by atoms with Crippen molar-refractivity contribution in [1.29, 1.82) is 0 Å². The summed E-state index contributed by atoms with van der Waals surface area (Å²) in [6, 6.07) is 0. The van der Waals surface area contributed by atoms with Crippen LogP contribution in [-0.4, -0.2) is 11.1 Å². The number of aliphatic carboxylic acids is 1. The van der Waals surface area contributed by atoms with Gasteiger partial charge in [0, 0.05) is 19.5 Å². The van der Waals surface area contributed by atoms with E-state index in [0.29, 0.717) is 0 Å². The van der Waals surface area contributed by atoms with Crippen LogP contribution in [0, 0.1) is 5.92 Å². The Morgan fingerprint density at radius 3 is 2.00 bits per heavy atom. The van der Waals surface area contributed by atoms with Crippen LogP contribution in [0.3, 0.4) is 0 Å². The van der Waals surface area contributed by atoms with E-state index in [0.717, 1.165) is 25.7 Å². The molecule has 0 spiro atoms. The van der Waals surface area contributed by atoms with Gasteiger partial charge in [-0.2, -0.15) is 0 Å². The first-order valence-corrected chi connectivity index (χ1v) is 3.03. The predicted octanol–water partition coefficient (Wildman–Crippen LogP) is 1.26. The van der Waals surface area contributed by atoms with Crippen molar-refractivity contribution in [1.82, 2.24) is 0 Å². The quantitative estimate of drug-likeness (QED) is 0.616. The van der Waals surface area contributed by atoms with Crippen LogP contribution in [0.4, 0.5) is 0 Å². The van der Waals surface area contributed by atoms with Crippen molar-refractivity contribution >= 4 is 5.97 Å². The first kappa shape index (κ1) is 9.09. The second-order valence-electron chi connectivity index (χ2n) is 2.32. The minimum absolute atomic E-state index is 0. The Kier molecular flexibility index (Phi) is 4.04. The van der Waals surface area contributed by atoms with Gasteiger partial charge in [-0.3, -0.25) is 4.79 Å². The molecule has 9 heavy (non-hydrogen) atoms. The van der Waals surface area contributed by atoms with Gasteiger partial charge in [0.05, 0.1) is 5.92 Å². The SMILES string of the molecule is O=C(O)C1CCCC1.[Zn]. The molecule has 0 radical (unpaired) electrons. The fourth-order valence-electron chi connectivity index (χ4n) is 1.17. The molecule has 1 aliphatic carbocycles. The van der Waals surface area contributed by atoms with Crippen molar-refractivity contribution in [3.8, 4) is 0 Å². The van der Waals surface area contributed by atoms with E-state index in [1.165, 1.54) is 0 Å². The molecular weight excluding hydrogens is 169 g/mol. The van der Waals surface area contributed by atoms with Gasteiger partial charge in [-0.25, -0.2) is 0 Å². The van der Waals surface area contributed by atoms with Crippen molar-refractivity contribution in [2.75, 3.05) is 0 Å². The molecule has 0 amide bonds. The van der Waals surface area contributed by atoms with Gasteiger partial charge in [0.2, 0.25) is 0 Å². The normalized spacial score (nSPS) is 19.1. The van der Waals surface area contributed by atoms with E-state index in [9.17, 15) is 4.79 Å². The van der Waals surface area contributed by atoms with E-state index < -0.39 is 5.97 Å². The molecule has 0 aromatic carbocycles. The monoisotopic (exact) mass is 178 g/mol. The van der Waals surface area contributed by atoms with Gasteiger partial charge in [-0.05, 0) is 12.8 Å². The maximum Gasteiger partial charge on any atom is 0.306 e. The molecular formula is C6H10O2Zn. The largest absolute Gasteiger partial charge is 0.481 e. The number of hydrogen-bond acceptors (Lipinski definition) is 1. The molecule has 1 fully saturated rings. The van der Waals surface area contributed by atoms with Crippen LogP contribution in [0.15, 0.2) is 0 Å². The van der Waals surface area contributed by atoms with E-state index in [4.69, 9.17) is 5.11 Å². The molecule has 0 bridgehead atoms. The fraction of sp³-hybridized carbons (Fsp3) is 0.833. The molecule has 1 saturated carbocycles. The van der Waals surface area contributed by atoms with Crippen LogP contribution < -0.4 is 0 Å². The van der Waals surface area contributed by atoms with Gasteiger partial charge in [0.1, 0.15) is 0 Å². The molecule has 2 nitrogen and oxygen atoms in total. The number of carboxylic acid groups (broad SMARTS) is 1. The van der Waals surface area contributed by atoms with Gasteiger partial charge < -0.3 is 5.11 Å². The minimum atomic E-state index is -0.609. The van der Waals surface area contributed by atoms with Crippen molar-refractivity contribution in [2.24, 2.45) is 5.92 Å². The third kappa shape index (κ3) is 2.44. The van der Waals surface area contributed by atoms with Crippen LogP contribution in [0.1, 0.15) is 25.7 Å². The summed E-state index contributed by atoms with van der Waals surface area (Å²) in [6.07, 6.45) is 4.01. The van der Waals surface area contributed by atoms with Gasteiger partial charge in [-0.15, -0.1) is 0 Å². The Balaban J connectivity index is 0.000000640. The predicted molar refractivity (Wildman–Crippen MR) is 29.6 cm³/mol. The van der Waals surface area contributed by atoms with Gasteiger partial charge in [-0.1, -0.05) is 12.8 Å². The molecule has 0 saturated heterocycles. The van der Waals surface area contributed by atoms with E-state index in [1.54, 1.807) is 0 Å². The zero-order valence-corrected chi connectivity index (χ0v) is 8.44. The third-order valence-electron chi connectivity index (χ3n) is 1.70. The Hall–Kier alpha value is 0.0934. The summed E-state index contributed by atoms with van der Waals surface area (Å²) in [4.78, 5) is 10.2. The third-order valence-corrected chi connectivity index (χ3v) is 1.70. The topological polar surface area (TPSA) is 37.3 Å². The second kappa shape index (κ2) is 4.00. The van der Waals surface area contributed by atoms with Crippen molar-refractivity contribution in [3.63, 3.8) is 0 Å². The molecule has 48 valence electrons. The standard InChI is InChI=1S/C6H10O2.Zn/c7-6(8)5-3-1-2-4-5;/h5H,1-4H2,(H,7,8);. The zero-order chi connectivity index (χ0) is 5.98.